The maximum atomic E-state index is 12.9. The van der Waals surface area contributed by atoms with Gasteiger partial charge in [-0.1, -0.05) is 0 Å². The van der Waals surface area contributed by atoms with Crippen LogP contribution in [-0.2, 0) is 9.53 Å². The van der Waals surface area contributed by atoms with E-state index in [-0.39, 0.29) is 16.3 Å². The van der Waals surface area contributed by atoms with Crippen molar-refractivity contribution in [2.24, 2.45) is 0 Å². The molecule has 0 atom stereocenters. The van der Waals surface area contributed by atoms with Crippen molar-refractivity contribution in [1.29, 1.82) is 0 Å². The lowest BCUT2D eigenvalue weighted by molar-refractivity contribution is -0.387. The number of rotatable bonds is 4. The molecule has 1 rings (SSSR count). The van der Waals surface area contributed by atoms with Crippen LogP contribution in [0.15, 0.2) is 23.1 Å². The minimum absolute atomic E-state index is 0.0964. The number of carbonyl (C=O) groups is 1. The molecule has 0 N–H and O–H groups in total. The van der Waals surface area contributed by atoms with E-state index in [1.807, 2.05) is 0 Å². The van der Waals surface area contributed by atoms with Gasteiger partial charge in [-0.3, -0.25) is 14.9 Å². The van der Waals surface area contributed by atoms with Gasteiger partial charge in [-0.15, -0.1) is 11.8 Å². The Labute approximate surface area is 94.7 Å². The first-order valence-electron chi connectivity index (χ1n) is 4.18. The van der Waals surface area contributed by atoms with Gasteiger partial charge in [0.1, 0.15) is 5.82 Å². The molecule has 1 aromatic carbocycles. The normalized spacial score (nSPS) is 9.88. The van der Waals surface area contributed by atoms with Crippen molar-refractivity contribution < 1.29 is 18.8 Å². The predicted octanol–water partition coefficient (Wildman–Crippen LogP) is 2.00. The van der Waals surface area contributed by atoms with Crippen LogP contribution in [-0.4, -0.2) is 23.8 Å². The number of benzene rings is 1. The number of nitro groups is 1. The number of hydrogen-bond acceptors (Lipinski definition) is 5. The van der Waals surface area contributed by atoms with E-state index in [9.17, 15) is 19.3 Å². The smallest absolute Gasteiger partial charge is 0.315 e. The molecule has 0 fully saturated rings. The highest BCUT2D eigenvalue weighted by Crippen LogP contribution is 2.29. The summed E-state index contributed by atoms with van der Waals surface area (Å²) in [6.07, 6.45) is 0. The van der Waals surface area contributed by atoms with E-state index in [1.165, 1.54) is 7.11 Å². The first-order valence-corrected chi connectivity index (χ1v) is 5.16. The second-order valence-electron chi connectivity index (χ2n) is 2.73. The Balaban J connectivity index is 2.88. The van der Waals surface area contributed by atoms with Gasteiger partial charge >= 0.3 is 5.97 Å². The SMILES string of the molecule is COC(=O)CSc1cc(F)ccc1[N+](=O)[O-]. The van der Waals surface area contributed by atoms with Crippen LogP contribution >= 0.6 is 11.8 Å². The molecule has 0 aliphatic heterocycles. The highest BCUT2D eigenvalue weighted by molar-refractivity contribution is 8.00. The Bertz CT molecular complexity index is 424. The van der Waals surface area contributed by atoms with Crippen molar-refractivity contribution >= 4 is 23.4 Å². The molecule has 0 unspecified atom stereocenters. The zero-order valence-electron chi connectivity index (χ0n) is 8.31. The lowest BCUT2D eigenvalue weighted by Crippen LogP contribution is -2.03. The van der Waals surface area contributed by atoms with Crippen molar-refractivity contribution in [3.8, 4) is 0 Å². The lowest BCUT2D eigenvalue weighted by atomic mass is 10.3. The number of ether oxygens (including phenoxy) is 1. The summed E-state index contributed by atoms with van der Waals surface area (Å²) in [6, 6.07) is 3.08. The van der Waals surface area contributed by atoms with Gasteiger partial charge in [0, 0.05) is 6.07 Å². The summed E-state index contributed by atoms with van der Waals surface area (Å²) >= 11 is 0.866. The molecule has 0 amide bonds. The molecule has 0 radical (unpaired) electrons. The van der Waals surface area contributed by atoms with Gasteiger partial charge in [0.25, 0.3) is 5.69 Å². The van der Waals surface area contributed by atoms with Crippen molar-refractivity contribution in [2.75, 3.05) is 12.9 Å². The standard InChI is InChI=1S/C9H8FNO4S/c1-15-9(12)5-16-8-4-6(10)2-3-7(8)11(13)14/h2-4H,5H2,1H3. The Morgan fingerprint density at radius 3 is 2.88 bits per heavy atom. The molecule has 0 aliphatic rings. The fraction of sp³-hybridized carbons (Fsp3) is 0.222. The third kappa shape index (κ3) is 3.20. The predicted molar refractivity (Wildman–Crippen MR) is 55.8 cm³/mol. The van der Waals surface area contributed by atoms with E-state index in [4.69, 9.17) is 0 Å². The fourth-order valence-electron chi connectivity index (χ4n) is 0.950. The lowest BCUT2D eigenvalue weighted by Gasteiger charge is -2.02. The van der Waals surface area contributed by atoms with Crippen molar-refractivity contribution in [1.82, 2.24) is 0 Å². The van der Waals surface area contributed by atoms with Gasteiger partial charge in [0.2, 0.25) is 0 Å². The highest BCUT2D eigenvalue weighted by atomic mass is 32.2. The van der Waals surface area contributed by atoms with E-state index in [1.54, 1.807) is 0 Å². The topological polar surface area (TPSA) is 69.4 Å². The molecular weight excluding hydrogens is 237 g/mol. The third-order valence-corrected chi connectivity index (χ3v) is 2.71. The van der Waals surface area contributed by atoms with Gasteiger partial charge in [-0.2, -0.15) is 0 Å². The fourth-order valence-corrected chi connectivity index (χ4v) is 1.83. The number of halogens is 1. The first kappa shape index (κ1) is 12.4. The minimum Gasteiger partial charge on any atom is -0.468 e. The van der Waals surface area contributed by atoms with Gasteiger partial charge in [0.05, 0.1) is 22.7 Å². The first-order chi connectivity index (χ1) is 7.54. The monoisotopic (exact) mass is 245 g/mol. The molecule has 7 heteroatoms. The van der Waals surface area contributed by atoms with Crippen LogP contribution in [0.1, 0.15) is 0 Å². The van der Waals surface area contributed by atoms with Crippen LogP contribution in [0.2, 0.25) is 0 Å². The summed E-state index contributed by atoms with van der Waals surface area (Å²) in [4.78, 5) is 20.9. The summed E-state index contributed by atoms with van der Waals surface area (Å²) in [5, 5.41) is 10.6. The molecule has 5 nitrogen and oxygen atoms in total. The Hall–Kier alpha value is -1.63. The average molecular weight is 245 g/mol. The molecule has 0 saturated heterocycles. The Morgan fingerprint density at radius 1 is 1.62 bits per heavy atom. The maximum Gasteiger partial charge on any atom is 0.315 e. The minimum atomic E-state index is -0.626. The van der Waals surface area contributed by atoms with Crippen LogP contribution in [0.3, 0.4) is 0 Å². The molecule has 16 heavy (non-hydrogen) atoms. The summed E-state index contributed by atoms with van der Waals surface area (Å²) in [6.45, 7) is 0. The Morgan fingerprint density at radius 2 is 2.31 bits per heavy atom. The summed E-state index contributed by atoms with van der Waals surface area (Å²) < 4.78 is 17.2. The quantitative estimate of drug-likeness (QED) is 0.351. The number of thioether (sulfide) groups is 1. The van der Waals surface area contributed by atoms with Crippen molar-refractivity contribution in [2.45, 2.75) is 4.90 Å². The molecule has 0 heterocycles. The largest absolute Gasteiger partial charge is 0.468 e. The molecule has 0 spiro atoms. The summed E-state index contributed by atoms with van der Waals surface area (Å²) in [5.41, 5.74) is -0.227. The van der Waals surface area contributed by atoms with E-state index in [0.29, 0.717) is 0 Å². The average Bonchev–Trinajstić information content (AvgIpc) is 2.25. The number of nitrogens with zero attached hydrogens (tertiary/aromatic N) is 1. The zero-order valence-corrected chi connectivity index (χ0v) is 9.12. The van der Waals surface area contributed by atoms with Crippen LogP contribution in [0, 0.1) is 15.9 Å². The molecule has 0 aromatic heterocycles. The second-order valence-corrected chi connectivity index (χ2v) is 3.75. The van der Waals surface area contributed by atoms with Crippen LogP contribution in [0.5, 0.6) is 0 Å². The highest BCUT2D eigenvalue weighted by Gasteiger charge is 2.16. The van der Waals surface area contributed by atoms with Gasteiger partial charge in [-0.25, -0.2) is 4.39 Å². The third-order valence-electron chi connectivity index (χ3n) is 1.69. The molecule has 0 bridgehead atoms. The molecular formula is C9H8FNO4S. The number of esters is 1. The second kappa shape index (κ2) is 5.45. The maximum absolute atomic E-state index is 12.9. The summed E-state index contributed by atoms with van der Waals surface area (Å²) in [5.74, 6) is -1.21. The number of methoxy groups -OCH3 is 1. The Kier molecular flexibility index (Phi) is 4.24. The van der Waals surface area contributed by atoms with E-state index >= 15 is 0 Å². The van der Waals surface area contributed by atoms with Crippen LogP contribution in [0.4, 0.5) is 10.1 Å². The van der Waals surface area contributed by atoms with E-state index in [2.05, 4.69) is 4.74 Å². The molecule has 86 valence electrons. The van der Waals surface area contributed by atoms with Crippen LogP contribution < -0.4 is 0 Å². The summed E-state index contributed by atoms with van der Waals surface area (Å²) in [7, 11) is 1.21. The number of carbonyl (C=O) groups excluding carboxylic acids is 1. The zero-order chi connectivity index (χ0) is 12.1. The van der Waals surface area contributed by atoms with Gasteiger partial charge in [-0.05, 0) is 12.1 Å². The van der Waals surface area contributed by atoms with Crippen molar-refractivity contribution in [3.05, 3.63) is 34.1 Å². The number of nitro benzene ring substituents is 1. The van der Waals surface area contributed by atoms with E-state index < -0.39 is 16.7 Å². The van der Waals surface area contributed by atoms with Crippen molar-refractivity contribution in [3.63, 3.8) is 0 Å². The van der Waals surface area contributed by atoms with E-state index in [0.717, 1.165) is 30.0 Å². The molecule has 1 aromatic rings. The van der Waals surface area contributed by atoms with Crippen LogP contribution in [0.25, 0.3) is 0 Å². The molecule has 0 aliphatic carbocycles. The van der Waals surface area contributed by atoms with Gasteiger partial charge < -0.3 is 4.74 Å². The van der Waals surface area contributed by atoms with Gasteiger partial charge in [0.15, 0.2) is 0 Å². The molecule has 0 saturated carbocycles. The number of hydrogen-bond donors (Lipinski definition) is 0.